The molecular weight excluding hydrogens is 398 g/mol. The van der Waals surface area contributed by atoms with Gasteiger partial charge in [-0.05, 0) is 55.2 Å². The maximum Gasteiger partial charge on any atom is 0.407 e. The molecule has 1 atom stereocenters. The summed E-state index contributed by atoms with van der Waals surface area (Å²) in [6.45, 7) is 4.39. The van der Waals surface area contributed by atoms with Gasteiger partial charge in [0.1, 0.15) is 0 Å². The molecular formula is C23H31N3O5. The summed E-state index contributed by atoms with van der Waals surface area (Å²) in [6, 6.07) is 3.93. The van der Waals surface area contributed by atoms with Crippen LogP contribution in [0.15, 0.2) is 24.4 Å². The third kappa shape index (κ3) is 5.55. The van der Waals surface area contributed by atoms with Crippen LogP contribution in [0.2, 0.25) is 0 Å². The molecule has 3 aliphatic rings. The summed E-state index contributed by atoms with van der Waals surface area (Å²) in [7, 11) is 0. The molecule has 31 heavy (non-hydrogen) atoms. The molecule has 1 unspecified atom stereocenters. The van der Waals surface area contributed by atoms with Gasteiger partial charge >= 0.3 is 6.09 Å². The molecule has 0 radical (unpaired) electrons. The molecule has 0 saturated carbocycles. The summed E-state index contributed by atoms with van der Waals surface area (Å²) >= 11 is 0. The second kappa shape index (κ2) is 10.1. The Kier molecular flexibility index (Phi) is 7.06. The van der Waals surface area contributed by atoms with Crippen molar-refractivity contribution >= 4 is 17.6 Å². The smallest absolute Gasteiger partial charge is 0.407 e. The third-order valence-corrected chi connectivity index (χ3v) is 6.54. The third-order valence-electron chi connectivity index (χ3n) is 6.54. The van der Waals surface area contributed by atoms with Crippen LogP contribution in [-0.4, -0.2) is 77.9 Å². The zero-order valence-corrected chi connectivity index (χ0v) is 17.9. The quantitative estimate of drug-likeness (QED) is 0.774. The number of rotatable bonds is 5. The zero-order valence-electron chi connectivity index (χ0n) is 17.9. The monoisotopic (exact) mass is 429 g/mol. The van der Waals surface area contributed by atoms with Gasteiger partial charge in [0.2, 0.25) is 11.8 Å². The maximum absolute atomic E-state index is 12.7. The number of carboxylic acid groups (broad SMARTS) is 1. The summed E-state index contributed by atoms with van der Waals surface area (Å²) in [5.74, 6) is 1.29. The number of amides is 2. The van der Waals surface area contributed by atoms with Gasteiger partial charge in [-0.15, -0.1) is 0 Å². The van der Waals surface area contributed by atoms with Crippen molar-refractivity contribution in [3.63, 3.8) is 0 Å². The van der Waals surface area contributed by atoms with Crippen molar-refractivity contribution in [2.24, 2.45) is 11.8 Å². The highest BCUT2D eigenvalue weighted by molar-refractivity contribution is 5.80. The van der Waals surface area contributed by atoms with Crippen molar-refractivity contribution in [2.45, 2.75) is 32.1 Å². The fraction of sp³-hybridized carbons (Fsp3) is 0.609. The Morgan fingerprint density at radius 2 is 1.87 bits per heavy atom. The first-order chi connectivity index (χ1) is 15.1. The average Bonchev–Trinajstić information content (AvgIpc) is 2.83. The van der Waals surface area contributed by atoms with E-state index in [0.717, 1.165) is 37.7 Å². The van der Waals surface area contributed by atoms with Crippen LogP contribution >= 0.6 is 0 Å². The molecule has 0 bridgehead atoms. The van der Waals surface area contributed by atoms with Crippen LogP contribution in [0.3, 0.4) is 0 Å². The first-order valence-electron chi connectivity index (χ1n) is 11.2. The van der Waals surface area contributed by atoms with Crippen molar-refractivity contribution in [3.8, 4) is 5.88 Å². The summed E-state index contributed by atoms with van der Waals surface area (Å²) in [5, 5.41) is 9.02. The van der Waals surface area contributed by atoms with Gasteiger partial charge in [-0.3, -0.25) is 4.79 Å². The van der Waals surface area contributed by atoms with E-state index in [4.69, 9.17) is 14.6 Å². The topological polar surface area (TPSA) is 92.2 Å². The number of pyridine rings is 1. The number of piperidine rings is 1. The molecule has 2 amide bonds. The minimum Gasteiger partial charge on any atom is -0.477 e. The van der Waals surface area contributed by atoms with Gasteiger partial charge < -0.3 is 24.4 Å². The molecule has 0 aromatic carbocycles. The van der Waals surface area contributed by atoms with E-state index in [-0.39, 0.29) is 11.8 Å². The Labute approximate surface area is 182 Å². The molecule has 2 saturated heterocycles. The lowest BCUT2D eigenvalue weighted by Gasteiger charge is -2.31. The van der Waals surface area contributed by atoms with Crippen LogP contribution in [0.4, 0.5) is 4.79 Å². The van der Waals surface area contributed by atoms with E-state index >= 15 is 0 Å². The largest absolute Gasteiger partial charge is 0.477 e. The molecule has 3 heterocycles. The number of nitrogens with zero attached hydrogens (tertiary/aromatic N) is 3. The van der Waals surface area contributed by atoms with Crippen LogP contribution in [0.5, 0.6) is 5.88 Å². The molecule has 2 aliphatic heterocycles. The summed E-state index contributed by atoms with van der Waals surface area (Å²) in [5.41, 5.74) is 2.32. The number of carbonyl (C=O) groups excluding carboxylic acids is 1. The molecule has 1 aliphatic carbocycles. The fourth-order valence-electron chi connectivity index (χ4n) is 4.51. The number of hydrogen-bond donors (Lipinski definition) is 1. The van der Waals surface area contributed by atoms with E-state index in [0.29, 0.717) is 57.8 Å². The van der Waals surface area contributed by atoms with Gasteiger partial charge in [-0.2, -0.15) is 0 Å². The maximum atomic E-state index is 12.7. The Hall–Kier alpha value is -2.61. The second-order valence-electron chi connectivity index (χ2n) is 8.55. The first-order valence-corrected chi connectivity index (χ1v) is 11.2. The Morgan fingerprint density at radius 1 is 1.10 bits per heavy atom. The molecule has 8 nitrogen and oxygen atoms in total. The van der Waals surface area contributed by atoms with Gasteiger partial charge in [0.15, 0.2) is 0 Å². The molecule has 8 heteroatoms. The van der Waals surface area contributed by atoms with E-state index in [9.17, 15) is 9.59 Å². The summed E-state index contributed by atoms with van der Waals surface area (Å²) < 4.78 is 11.2. The number of allylic oxidation sites excluding steroid dienone is 2. The van der Waals surface area contributed by atoms with Crippen LogP contribution in [-0.2, 0) is 9.53 Å². The predicted octanol–water partition coefficient (Wildman–Crippen LogP) is 2.89. The molecule has 0 spiro atoms. The highest BCUT2D eigenvalue weighted by Gasteiger charge is 2.27. The molecule has 2 fully saturated rings. The molecule has 168 valence electrons. The zero-order chi connectivity index (χ0) is 21.6. The summed E-state index contributed by atoms with van der Waals surface area (Å²) in [4.78, 5) is 31.5. The predicted molar refractivity (Wildman–Crippen MR) is 115 cm³/mol. The fourth-order valence-corrected chi connectivity index (χ4v) is 4.51. The molecule has 1 aromatic heterocycles. The van der Waals surface area contributed by atoms with E-state index in [1.165, 1.54) is 10.5 Å². The van der Waals surface area contributed by atoms with Gasteiger partial charge in [0.05, 0.1) is 19.8 Å². The number of hydrogen-bond acceptors (Lipinski definition) is 5. The minimum absolute atomic E-state index is 0.0740. The van der Waals surface area contributed by atoms with Gasteiger partial charge in [-0.25, -0.2) is 9.78 Å². The summed E-state index contributed by atoms with van der Waals surface area (Å²) in [6.07, 6.45) is 7.35. The van der Waals surface area contributed by atoms with Gasteiger partial charge in [0, 0.05) is 44.4 Å². The SMILES string of the molecule is O=C(O)N1CCC(COc2ccc(C3=CCC(C(=O)N4CCOCC4)CC3)cn2)CC1. The van der Waals surface area contributed by atoms with Crippen molar-refractivity contribution < 1.29 is 24.2 Å². The van der Waals surface area contributed by atoms with Crippen molar-refractivity contribution in [1.29, 1.82) is 0 Å². The van der Waals surface area contributed by atoms with Crippen molar-refractivity contribution in [1.82, 2.24) is 14.8 Å². The van der Waals surface area contributed by atoms with E-state index in [2.05, 4.69) is 11.1 Å². The normalized spacial score (nSPS) is 22.7. The number of morpholine rings is 1. The van der Waals surface area contributed by atoms with Gasteiger partial charge in [-0.1, -0.05) is 6.08 Å². The Bertz CT molecular complexity index is 796. The number of aromatic nitrogens is 1. The van der Waals surface area contributed by atoms with Crippen molar-refractivity contribution in [2.75, 3.05) is 46.0 Å². The van der Waals surface area contributed by atoms with Crippen molar-refractivity contribution in [3.05, 3.63) is 30.0 Å². The lowest BCUT2D eigenvalue weighted by Crippen LogP contribution is -2.44. The van der Waals surface area contributed by atoms with E-state index < -0.39 is 6.09 Å². The lowest BCUT2D eigenvalue weighted by atomic mass is 9.86. The molecule has 1 aromatic rings. The van der Waals surface area contributed by atoms with Crippen LogP contribution in [0, 0.1) is 11.8 Å². The van der Waals surface area contributed by atoms with Gasteiger partial charge in [0.25, 0.3) is 0 Å². The van der Waals surface area contributed by atoms with E-state index in [1.54, 1.807) is 0 Å². The standard InChI is InChI=1S/C23H31N3O5/c27-22(25-11-13-30-14-12-25)19-3-1-18(2-4-19)20-5-6-21(24-15-20)31-16-17-7-9-26(10-8-17)23(28)29/h1,5-6,15,17,19H,2-4,7-14,16H2,(H,28,29). The highest BCUT2D eigenvalue weighted by atomic mass is 16.5. The number of likely N-dealkylation sites (tertiary alicyclic amines) is 1. The first kappa shape index (κ1) is 21.6. The molecule has 1 N–H and O–H groups in total. The Balaban J connectivity index is 1.24. The van der Waals surface area contributed by atoms with E-state index in [1.807, 2.05) is 23.2 Å². The number of carbonyl (C=O) groups is 2. The Morgan fingerprint density at radius 3 is 2.48 bits per heavy atom. The highest BCUT2D eigenvalue weighted by Crippen LogP contribution is 2.31. The van der Waals surface area contributed by atoms with Crippen LogP contribution in [0.25, 0.3) is 5.57 Å². The lowest BCUT2D eigenvalue weighted by molar-refractivity contribution is -0.139. The number of ether oxygens (including phenoxy) is 2. The average molecular weight is 430 g/mol. The molecule has 4 rings (SSSR count). The second-order valence-corrected chi connectivity index (χ2v) is 8.55. The van der Waals surface area contributed by atoms with Crippen LogP contribution < -0.4 is 4.74 Å². The minimum atomic E-state index is -0.842. The van der Waals surface area contributed by atoms with Crippen LogP contribution in [0.1, 0.15) is 37.7 Å².